The Labute approximate surface area is 477 Å². The van der Waals surface area contributed by atoms with Crippen molar-refractivity contribution >= 4 is 58.6 Å². The number of nitrogens with one attached hydrogen (secondary N) is 8. The largest absolute Gasteiger partial charge is 0.347 e. The summed E-state index contributed by atoms with van der Waals surface area (Å²) >= 11 is 0. The minimum absolute atomic E-state index is 0.0389. The Morgan fingerprint density at radius 2 is 0.939 bits per heavy atom. The molecule has 2 saturated heterocycles. The molecule has 2 heterocycles. The van der Waals surface area contributed by atoms with Gasteiger partial charge in [0.15, 0.2) is 0 Å². The highest BCUT2D eigenvalue weighted by Crippen LogP contribution is 2.36. The molecule has 24 heteroatoms. The summed E-state index contributed by atoms with van der Waals surface area (Å²) in [5.74, 6) is -4.35. The molecule has 8 N–H and O–H groups in total. The minimum atomic E-state index is -1.14. The molecular formula is C58H78N12O12. The molecule has 0 saturated carbocycles. The van der Waals surface area contributed by atoms with Gasteiger partial charge >= 0.3 is 0 Å². The molecular weight excluding hydrogens is 1060 g/mol. The maximum atomic E-state index is 14.8. The van der Waals surface area contributed by atoms with Crippen LogP contribution in [-0.2, 0) is 41.6 Å². The number of nitrogens with zero attached hydrogens (tertiary/aromatic N) is 4. The zero-order chi connectivity index (χ0) is 60.1. The number of non-ortho nitro benzene ring substituents is 2. The summed E-state index contributed by atoms with van der Waals surface area (Å²) in [7, 11) is 3.21. The number of benzene rings is 3. The number of rotatable bonds is 18. The van der Waals surface area contributed by atoms with Gasteiger partial charge in [0.1, 0.15) is 24.2 Å². The smallest absolute Gasteiger partial charge is 0.269 e. The Kier molecular flexibility index (Phi) is 19.2. The fourth-order valence-corrected chi connectivity index (χ4v) is 11.3. The Morgan fingerprint density at radius 1 is 0.561 bits per heavy atom. The third-order valence-corrected chi connectivity index (χ3v) is 16.2. The molecule has 24 nitrogen and oxygen atoms in total. The van der Waals surface area contributed by atoms with Crippen LogP contribution in [0.25, 0.3) is 0 Å². The van der Waals surface area contributed by atoms with Gasteiger partial charge in [0.25, 0.3) is 23.2 Å². The highest BCUT2D eigenvalue weighted by molar-refractivity contribution is 6.01. The highest BCUT2D eigenvalue weighted by Gasteiger charge is 2.48. The lowest BCUT2D eigenvalue weighted by molar-refractivity contribution is -0.385. The van der Waals surface area contributed by atoms with Crippen molar-refractivity contribution in [2.75, 3.05) is 27.2 Å². The molecule has 0 aromatic heterocycles. The summed E-state index contributed by atoms with van der Waals surface area (Å²) in [4.78, 5) is 139. The van der Waals surface area contributed by atoms with E-state index in [1.165, 1.54) is 58.3 Å². The van der Waals surface area contributed by atoms with E-state index in [4.69, 9.17) is 0 Å². The molecule has 10 atom stereocenters. The van der Waals surface area contributed by atoms with Gasteiger partial charge in [-0.3, -0.25) is 58.6 Å². The van der Waals surface area contributed by atoms with E-state index < -0.39 is 128 Å². The number of fused-ring (bicyclic) bond motifs is 2. The predicted octanol–water partition coefficient (Wildman–Crippen LogP) is 3.57. The Bertz CT molecular complexity index is 2800. The van der Waals surface area contributed by atoms with Crippen molar-refractivity contribution in [2.24, 2.45) is 10.8 Å². The monoisotopic (exact) mass is 1130 g/mol. The third-order valence-electron chi connectivity index (χ3n) is 16.2. The van der Waals surface area contributed by atoms with Crippen molar-refractivity contribution < 1.29 is 48.2 Å². The van der Waals surface area contributed by atoms with E-state index in [0.717, 1.165) is 11.1 Å². The van der Waals surface area contributed by atoms with Crippen LogP contribution in [0.3, 0.4) is 0 Å². The Balaban J connectivity index is 1.11. The molecule has 0 bridgehead atoms. The number of aryl methyl sites for hydroxylation is 2. The molecule has 2 fully saturated rings. The zero-order valence-corrected chi connectivity index (χ0v) is 48.3. The van der Waals surface area contributed by atoms with Gasteiger partial charge in [-0.05, 0) is 131 Å². The van der Waals surface area contributed by atoms with Crippen LogP contribution in [-0.4, -0.2) is 142 Å². The van der Waals surface area contributed by atoms with Gasteiger partial charge in [-0.1, -0.05) is 59.7 Å². The van der Waals surface area contributed by atoms with Crippen LogP contribution in [0.15, 0.2) is 60.7 Å². The van der Waals surface area contributed by atoms with Gasteiger partial charge in [0, 0.05) is 60.6 Å². The van der Waals surface area contributed by atoms with Gasteiger partial charge in [-0.2, -0.15) is 0 Å². The zero-order valence-electron chi connectivity index (χ0n) is 48.3. The number of amides is 8. The molecule has 8 amide bonds. The first-order valence-electron chi connectivity index (χ1n) is 28.0. The average Bonchev–Trinajstić information content (AvgIpc) is 4.16. The van der Waals surface area contributed by atoms with Gasteiger partial charge in [-0.25, -0.2) is 0 Å². The summed E-state index contributed by atoms with van der Waals surface area (Å²) in [5.41, 5.74) is 1.13. The van der Waals surface area contributed by atoms with E-state index in [1.54, 1.807) is 81.6 Å². The van der Waals surface area contributed by atoms with E-state index in [9.17, 15) is 58.6 Å². The van der Waals surface area contributed by atoms with E-state index in [2.05, 4.69) is 42.5 Å². The van der Waals surface area contributed by atoms with Gasteiger partial charge in [-0.15, -0.1) is 0 Å². The second-order valence-corrected chi connectivity index (χ2v) is 24.2. The SMILES string of the molecule is CN[C@@H](C)C(=O)N[C@H](C(=O)N1C[C@@H](NC(=O)c2cccc(C(=O)N[C@H]3C[C@@H](C(=O)NC4CCCc5ccc([N+](=O)[O-])cc54)N(C(=O)[C@@H](NC(=O)[C@H](C)NC)C(C)(C)C)C3)c2)C[C@H]1C(=O)NC1CCCc2ccc([N+](=O)[O-])cc21)C(C)(C)C. The quantitative estimate of drug-likeness (QED) is 0.0667. The summed E-state index contributed by atoms with van der Waals surface area (Å²) in [6.07, 6.45) is 3.61. The van der Waals surface area contributed by atoms with Crippen LogP contribution >= 0.6 is 0 Å². The first-order valence-corrected chi connectivity index (χ1v) is 28.0. The van der Waals surface area contributed by atoms with E-state index in [-0.39, 0.29) is 48.4 Å². The number of nitro benzene ring substituents is 2. The molecule has 0 spiro atoms. The third kappa shape index (κ3) is 14.2. The molecule has 4 aliphatic rings. The van der Waals surface area contributed by atoms with Crippen LogP contribution < -0.4 is 42.5 Å². The molecule has 7 rings (SSSR count). The lowest BCUT2D eigenvalue weighted by Gasteiger charge is -2.36. The van der Waals surface area contributed by atoms with Gasteiger partial charge in [0.2, 0.25) is 35.4 Å². The topological polar surface area (TPSA) is 326 Å². The average molecular weight is 1140 g/mol. The van der Waals surface area contributed by atoms with E-state index in [1.807, 2.05) is 0 Å². The predicted molar refractivity (Wildman–Crippen MR) is 303 cm³/mol. The lowest BCUT2D eigenvalue weighted by atomic mass is 9.85. The van der Waals surface area contributed by atoms with Crippen molar-refractivity contribution in [1.29, 1.82) is 0 Å². The molecule has 0 radical (unpaired) electrons. The fourth-order valence-electron chi connectivity index (χ4n) is 11.3. The summed E-state index contributed by atoms with van der Waals surface area (Å²) in [6.45, 7) is 13.7. The first kappa shape index (κ1) is 61.8. The first-order chi connectivity index (χ1) is 38.6. The number of hydrogen-bond donors (Lipinski definition) is 8. The van der Waals surface area contributed by atoms with Crippen LogP contribution in [0.5, 0.6) is 0 Å². The number of nitro groups is 2. The Morgan fingerprint density at radius 3 is 1.28 bits per heavy atom. The molecule has 442 valence electrons. The second-order valence-electron chi connectivity index (χ2n) is 24.2. The molecule has 82 heavy (non-hydrogen) atoms. The number of hydrogen-bond acceptors (Lipinski definition) is 14. The van der Waals surface area contributed by atoms with Crippen LogP contribution in [0, 0.1) is 31.1 Å². The number of carbonyl (C=O) groups is 8. The summed E-state index contributed by atoms with van der Waals surface area (Å²) < 4.78 is 0. The summed E-state index contributed by atoms with van der Waals surface area (Å²) in [6, 6.07) is 6.39. The van der Waals surface area contributed by atoms with Gasteiger partial charge < -0.3 is 52.3 Å². The van der Waals surface area contributed by atoms with E-state index >= 15 is 0 Å². The van der Waals surface area contributed by atoms with Crippen molar-refractivity contribution in [3.05, 3.63) is 114 Å². The molecule has 2 unspecified atom stereocenters. The van der Waals surface area contributed by atoms with Crippen LogP contribution in [0.2, 0.25) is 0 Å². The van der Waals surface area contributed by atoms with Crippen molar-refractivity contribution in [3.63, 3.8) is 0 Å². The second kappa shape index (κ2) is 25.5. The number of likely N-dealkylation sites (N-methyl/N-ethyl adjacent to an activating group) is 2. The highest BCUT2D eigenvalue weighted by atomic mass is 16.6. The number of carbonyl (C=O) groups excluding carboxylic acids is 8. The molecule has 3 aromatic carbocycles. The van der Waals surface area contributed by atoms with Gasteiger partial charge in [0.05, 0.1) is 34.0 Å². The Hall–Kier alpha value is -7.86. The van der Waals surface area contributed by atoms with Crippen LogP contribution in [0.4, 0.5) is 11.4 Å². The summed E-state index contributed by atoms with van der Waals surface area (Å²) in [5, 5.41) is 47.0. The molecule has 3 aromatic rings. The fraction of sp³-hybridized carbons (Fsp3) is 0.552. The molecule has 2 aliphatic heterocycles. The van der Waals surface area contributed by atoms with Crippen molar-refractivity contribution in [2.45, 2.75) is 167 Å². The van der Waals surface area contributed by atoms with Crippen LogP contribution in [0.1, 0.15) is 149 Å². The van der Waals surface area contributed by atoms with Crippen molar-refractivity contribution in [1.82, 2.24) is 52.3 Å². The minimum Gasteiger partial charge on any atom is -0.347 e. The maximum Gasteiger partial charge on any atom is 0.269 e. The normalized spacial score (nSPS) is 22.0. The standard InChI is InChI=1S/C58H78N12O12/c1-31(59-9)49(71)65-47(57(3,4)5)55(77)67-29-37(25-45(67)53(75)63-43-18-12-14-33-20-22-39(69(79)80)27-41(33)43)61-51(73)35-16-11-17-36(24-35)52(74)62-38-26-46(68(30-38)56(78)48(58(6,7)8)66-50(72)32(2)60-10)54(76)64-44-19-13-15-34-21-23-40(70(81)82)28-42(34)44/h11,16-17,20-24,27-28,31-32,37-38,43-48,59-60H,12-15,18-19,25-26,29-30H2,1-10H3,(H,61,73)(H,62,74)(H,63,75)(H,64,76)(H,65,71)(H,66,72)/t31-,32-,37-,38-,43?,44?,45-,46-,47+,48+/m0/s1. The maximum absolute atomic E-state index is 14.8. The number of likely N-dealkylation sites (tertiary alicyclic amines) is 2. The molecule has 2 aliphatic carbocycles. The van der Waals surface area contributed by atoms with Crippen molar-refractivity contribution in [3.8, 4) is 0 Å². The van der Waals surface area contributed by atoms with E-state index in [0.29, 0.717) is 49.7 Å². The lowest BCUT2D eigenvalue weighted by Crippen LogP contribution is -2.59.